The molecule has 1 saturated carbocycles. The standard InChI is InChI=1S/C18H20N4O/c1-11(2)13-8-3-4-9-14(13)16-19-10-15-17(21-16)22(18(23)20-15)12-6-5-7-12/h3-4,8-12H,5-7H2,1-2H3,(H,20,23). The van der Waals surface area contributed by atoms with E-state index in [1.165, 1.54) is 12.0 Å². The van der Waals surface area contributed by atoms with Gasteiger partial charge in [0.1, 0.15) is 5.52 Å². The van der Waals surface area contributed by atoms with Gasteiger partial charge in [0.2, 0.25) is 0 Å². The maximum atomic E-state index is 12.2. The number of hydrogen-bond acceptors (Lipinski definition) is 3. The van der Waals surface area contributed by atoms with Gasteiger partial charge in [-0.2, -0.15) is 0 Å². The molecule has 2 heterocycles. The molecular formula is C18H20N4O. The second kappa shape index (κ2) is 5.33. The molecule has 1 N–H and O–H groups in total. The van der Waals surface area contributed by atoms with E-state index < -0.39 is 0 Å². The van der Waals surface area contributed by atoms with Crippen molar-refractivity contribution in [1.29, 1.82) is 0 Å². The highest BCUT2D eigenvalue weighted by molar-refractivity contribution is 5.73. The Balaban J connectivity index is 1.91. The molecule has 1 aliphatic rings. The van der Waals surface area contributed by atoms with Crippen molar-refractivity contribution in [3.63, 3.8) is 0 Å². The van der Waals surface area contributed by atoms with Crippen molar-refractivity contribution in [2.45, 2.75) is 45.1 Å². The SMILES string of the molecule is CC(C)c1ccccc1-c1ncc2[nH]c(=O)n(C3CCC3)c2n1. The zero-order valence-corrected chi connectivity index (χ0v) is 13.4. The molecule has 0 amide bonds. The normalized spacial score (nSPS) is 15.3. The first-order valence-corrected chi connectivity index (χ1v) is 8.21. The lowest BCUT2D eigenvalue weighted by molar-refractivity contribution is 0.313. The molecule has 0 aliphatic heterocycles. The highest BCUT2D eigenvalue weighted by atomic mass is 16.1. The van der Waals surface area contributed by atoms with E-state index in [1.807, 2.05) is 16.7 Å². The molecule has 0 bridgehead atoms. The topological polar surface area (TPSA) is 63.6 Å². The van der Waals surface area contributed by atoms with E-state index in [0.717, 1.165) is 24.1 Å². The van der Waals surface area contributed by atoms with E-state index in [2.05, 4.69) is 35.9 Å². The van der Waals surface area contributed by atoms with E-state index in [9.17, 15) is 4.79 Å². The Bertz CT molecular complexity index is 918. The van der Waals surface area contributed by atoms with Gasteiger partial charge in [0.15, 0.2) is 11.5 Å². The molecule has 0 spiro atoms. The van der Waals surface area contributed by atoms with Crippen LogP contribution in [0.15, 0.2) is 35.3 Å². The number of nitrogens with one attached hydrogen (secondary N) is 1. The van der Waals surface area contributed by atoms with Crippen LogP contribution in [0.3, 0.4) is 0 Å². The molecule has 1 aromatic carbocycles. The highest BCUT2D eigenvalue weighted by Gasteiger charge is 2.24. The number of fused-ring (bicyclic) bond motifs is 1. The van der Waals surface area contributed by atoms with Gasteiger partial charge in [-0.1, -0.05) is 38.1 Å². The molecule has 3 aromatic rings. The number of nitrogens with zero attached hydrogens (tertiary/aromatic N) is 3. The van der Waals surface area contributed by atoms with Crippen LogP contribution < -0.4 is 5.69 Å². The van der Waals surface area contributed by atoms with Crippen LogP contribution in [0, 0.1) is 0 Å². The van der Waals surface area contributed by atoms with Gasteiger partial charge < -0.3 is 4.98 Å². The predicted molar refractivity (Wildman–Crippen MR) is 90.6 cm³/mol. The lowest BCUT2D eigenvalue weighted by Crippen LogP contribution is -2.27. The molecule has 23 heavy (non-hydrogen) atoms. The molecule has 5 heteroatoms. The van der Waals surface area contributed by atoms with E-state index in [1.54, 1.807) is 6.20 Å². The van der Waals surface area contributed by atoms with Crippen LogP contribution in [0.25, 0.3) is 22.6 Å². The first kappa shape index (κ1) is 14.2. The third-order valence-corrected chi connectivity index (χ3v) is 4.72. The highest BCUT2D eigenvalue weighted by Crippen LogP contribution is 2.33. The number of aromatic nitrogens is 4. The van der Waals surface area contributed by atoms with Crippen LogP contribution >= 0.6 is 0 Å². The number of aromatic amines is 1. The number of hydrogen-bond donors (Lipinski definition) is 1. The van der Waals surface area contributed by atoms with Crippen LogP contribution in [-0.2, 0) is 0 Å². The van der Waals surface area contributed by atoms with Gasteiger partial charge in [-0.05, 0) is 30.7 Å². The number of benzene rings is 1. The van der Waals surface area contributed by atoms with Crippen molar-refractivity contribution in [2.24, 2.45) is 0 Å². The number of H-pyrrole nitrogens is 1. The molecule has 118 valence electrons. The summed E-state index contributed by atoms with van der Waals surface area (Å²) < 4.78 is 1.81. The van der Waals surface area contributed by atoms with Crippen molar-refractivity contribution in [3.8, 4) is 11.4 Å². The van der Waals surface area contributed by atoms with Gasteiger partial charge in [0.25, 0.3) is 0 Å². The third kappa shape index (κ3) is 2.27. The number of imidazole rings is 1. The average Bonchev–Trinajstić information content (AvgIpc) is 2.81. The smallest absolute Gasteiger partial charge is 0.303 e. The fourth-order valence-electron chi connectivity index (χ4n) is 3.23. The molecule has 0 saturated heterocycles. The van der Waals surface area contributed by atoms with Gasteiger partial charge in [0.05, 0.1) is 6.20 Å². The second-order valence-electron chi connectivity index (χ2n) is 6.56. The quantitative estimate of drug-likeness (QED) is 0.803. The lowest BCUT2D eigenvalue weighted by Gasteiger charge is -2.26. The van der Waals surface area contributed by atoms with Crippen LogP contribution in [-0.4, -0.2) is 19.5 Å². The summed E-state index contributed by atoms with van der Waals surface area (Å²) in [6, 6.07) is 8.49. The van der Waals surface area contributed by atoms with E-state index in [0.29, 0.717) is 17.3 Å². The molecule has 0 radical (unpaired) electrons. The summed E-state index contributed by atoms with van der Waals surface area (Å²) in [5.74, 6) is 1.08. The number of rotatable bonds is 3. The van der Waals surface area contributed by atoms with Gasteiger partial charge in [-0.3, -0.25) is 4.57 Å². The summed E-state index contributed by atoms with van der Waals surface area (Å²) in [7, 11) is 0. The van der Waals surface area contributed by atoms with Crippen molar-refractivity contribution < 1.29 is 0 Å². The summed E-state index contributed by atoms with van der Waals surface area (Å²) in [4.78, 5) is 24.3. The van der Waals surface area contributed by atoms with E-state index in [4.69, 9.17) is 4.98 Å². The summed E-state index contributed by atoms with van der Waals surface area (Å²) in [5.41, 5.74) is 3.63. The Labute approximate surface area is 134 Å². The van der Waals surface area contributed by atoms with Gasteiger partial charge in [-0.15, -0.1) is 0 Å². The van der Waals surface area contributed by atoms with Crippen molar-refractivity contribution in [3.05, 3.63) is 46.5 Å². The van der Waals surface area contributed by atoms with Gasteiger partial charge in [-0.25, -0.2) is 14.8 Å². The molecule has 1 aliphatic carbocycles. The minimum absolute atomic E-state index is 0.0757. The fraction of sp³-hybridized carbons (Fsp3) is 0.389. The monoisotopic (exact) mass is 308 g/mol. The molecule has 0 atom stereocenters. The maximum Gasteiger partial charge on any atom is 0.327 e. The summed E-state index contributed by atoms with van der Waals surface area (Å²) in [6.45, 7) is 4.33. The Morgan fingerprint density at radius 1 is 1.26 bits per heavy atom. The van der Waals surface area contributed by atoms with E-state index >= 15 is 0 Å². The first-order valence-electron chi connectivity index (χ1n) is 8.21. The van der Waals surface area contributed by atoms with Crippen molar-refractivity contribution in [2.75, 3.05) is 0 Å². The Morgan fingerprint density at radius 3 is 2.74 bits per heavy atom. The van der Waals surface area contributed by atoms with Crippen molar-refractivity contribution in [1.82, 2.24) is 19.5 Å². The van der Waals surface area contributed by atoms with Gasteiger partial charge >= 0.3 is 5.69 Å². The predicted octanol–water partition coefficient (Wildman–Crippen LogP) is 3.64. The minimum atomic E-state index is -0.0757. The van der Waals surface area contributed by atoms with Crippen LogP contribution in [0.5, 0.6) is 0 Å². The largest absolute Gasteiger partial charge is 0.327 e. The average molecular weight is 308 g/mol. The molecule has 2 aromatic heterocycles. The molecule has 0 unspecified atom stereocenters. The zero-order valence-electron chi connectivity index (χ0n) is 13.4. The summed E-state index contributed by atoms with van der Waals surface area (Å²) >= 11 is 0. The molecular weight excluding hydrogens is 288 g/mol. The summed E-state index contributed by atoms with van der Waals surface area (Å²) in [6.07, 6.45) is 5.01. The van der Waals surface area contributed by atoms with Crippen LogP contribution in [0.2, 0.25) is 0 Å². The zero-order chi connectivity index (χ0) is 16.0. The summed E-state index contributed by atoms with van der Waals surface area (Å²) in [5, 5.41) is 0. The van der Waals surface area contributed by atoms with Gasteiger partial charge in [0, 0.05) is 11.6 Å². The van der Waals surface area contributed by atoms with Crippen LogP contribution in [0.4, 0.5) is 0 Å². The lowest BCUT2D eigenvalue weighted by atomic mass is 9.93. The maximum absolute atomic E-state index is 12.2. The van der Waals surface area contributed by atoms with E-state index in [-0.39, 0.29) is 11.7 Å². The molecule has 1 fully saturated rings. The first-order chi connectivity index (χ1) is 11.1. The molecule has 4 rings (SSSR count). The Kier molecular flexibility index (Phi) is 3.29. The fourth-order valence-corrected chi connectivity index (χ4v) is 3.23. The van der Waals surface area contributed by atoms with Crippen LogP contribution in [0.1, 0.15) is 50.6 Å². The minimum Gasteiger partial charge on any atom is -0.303 e. The Morgan fingerprint density at radius 2 is 2.04 bits per heavy atom. The Hall–Kier alpha value is -2.43. The third-order valence-electron chi connectivity index (χ3n) is 4.72. The second-order valence-corrected chi connectivity index (χ2v) is 6.56. The molecule has 5 nitrogen and oxygen atoms in total. The van der Waals surface area contributed by atoms with Crippen molar-refractivity contribution >= 4 is 11.2 Å².